The minimum absolute atomic E-state index is 0.378. The Hall–Kier alpha value is -1.77. The summed E-state index contributed by atoms with van der Waals surface area (Å²) in [5.74, 6) is -1.25. The van der Waals surface area contributed by atoms with Crippen molar-refractivity contribution in [3.05, 3.63) is 75.3 Å². The summed E-state index contributed by atoms with van der Waals surface area (Å²) < 4.78 is 0. The third-order valence-electron chi connectivity index (χ3n) is 3.17. The number of aliphatic carboxylic acids is 1. The van der Waals surface area contributed by atoms with Crippen LogP contribution in [0.5, 0.6) is 0 Å². The summed E-state index contributed by atoms with van der Waals surface area (Å²) in [6.45, 7) is 2.06. The fourth-order valence-corrected chi connectivity index (χ4v) is 2.33. The maximum absolute atomic E-state index is 11.0. The van der Waals surface area contributed by atoms with E-state index in [9.17, 15) is 9.90 Å². The number of hydrogen-bond acceptors (Lipinski definition) is 2. The predicted molar refractivity (Wildman–Crippen MR) is 84.4 cm³/mol. The van der Waals surface area contributed by atoms with Gasteiger partial charge in [0.15, 0.2) is 0 Å². The molecular weight excluding hydrogens is 307 g/mol. The van der Waals surface area contributed by atoms with Crippen LogP contribution >= 0.6 is 23.2 Å². The van der Waals surface area contributed by atoms with Gasteiger partial charge in [0.05, 0.1) is 16.0 Å². The highest BCUT2D eigenvalue weighted by Crippen LogP contribution is 2.29. The number of benzene rings is 2. The summed E-state index contributed by atoms with van der Waals surface area (Å²) in [5.41, 5.74) is 3.18. The van der Waals surface area contributed by atoms with E-state index in [2.05, 4.69) is 6.92 Å². The van der Waals surface area contributed by atoms with E-state index in [1.165, 1.54) is 5.56 Å². The Kier molecular flexibility index (Phi) is 5.05. The van der Waals surface area contributed by atoms with Crippen molar-refractivity contribution in [2.75, 3.05) is 0 Å². The third-order valence-corrected chi connectivity index (χ3v) is 3.91. The number of aryl methyl sites for hydroxylation is 1. The molecular formula is C17H13Cl2O2-. The SMILES string of the molecule is CCc1ccc(/C(=C/C(=O)[O-])c2ccc(Cl)c(Cl)c2)cc1. The third kappa shape index (κ3) is 3.87. The molecule has 0 saturated heterocycles. The molecule has 2 nitrogen and oxygen atoms in total. The van der Waals surface area contributed by atoms with Gasteiger partial charge in [-0.25, -0.2) is 0 Å². The highest BCUT2D eigenvalue weighted by atomic mass is 35.5. The molecule has 0 aliphatic heterocycles. The first-order valence-electron chi connectivity index (χ1n) is 6.48. The second-order valence-corrected chi connectivity index (χ2v) is 5.37. The van der Waals surface area contributed by atoms with Crippen molar-refractivity contribution in [3.63, 3.8) is 0 Å². The molecule has 2 rings (SSSR count). The van der Waals surface area contributed by atoms with Gasteiger partial charge in [-0.3, -0.25) is 0 Å². The second kappa shape index (κ2) is 6.79. The smallest absolute Gasteiger partial charge is 0.0649 e. The Balaban J connectivity index is 2.52. The molecule has 108 valence electrons. The molecule has 0 radical (unpaired) electrons. The van der Waals surface area contributed by atoms with E-state index in [0.29, 0.717) is 21.2 Å². The van der Waals surface area contributed by atoms with E-state index in [1.807, 2.05) is 24.3 Å². The Morgan fingerprint density at radius 2 is 1.67 bits per heavy atom. The van der Waals surface area contributed by atoms with Gasteiger partial charge >= 0.3 is 0 Å². The van der Waals surface area contributed by atoms with Crippen molar-refractivity contribution in [3.8, 4) is 0 Å². The van der Waals surface area contributed by atoms with E-state index in [4.69, 9.17) is 23.2 Å². The summed E-state index contributed by atoms with van der Waals surface area (Å²) in [5, 5.41) is 11.8. The topological polar surface area (TPSA) is 40.1 Å². The summed E-state index contributed by atoms with van der Waals surface area (Å²) in [6, 6.07) is 12.7. The Labute approximate surface area is 133 Å². The van der Waals surface area contributed by atoms with Gasteiger partial charge in [0.1, 0.15) is 0 Å². The maximum atomic E-state index is 11.0. The number of carboxylic acid groups (broad SMARTS) is 1. The van der Waals surface area contributed by atoms with Crippen molar-refractivity contribution in [2.45, 2.75) is 13.3 Å². The van der Waals surface area contributed by atoms with Gasteiger partial charge in [0.2, 0.25) is 0 Å². The Morgan fingerprint density at radius 1 is 1.05 bits per heavy atom. The lowest BCUT2D eigenvalue weighted by atomic mass is 9.96. The zero-order valence-corrected chi connectivity index (χ0v) is 12.9. The van der Waals surface area contributed by atoms with Crippen LogP contribution in [0.15, 0.2) is 48.5 Å². The molecule has 0 unspecified atom stereocenters. The summed E-state index contributed by atoms with van der Waals surface area (Å²) in [6.07, 6.45) is 1.99. The highest BCUT2D eigenvalue weighted by molar-refractivity contribution is 6.42. The molecule has 0 aliphatic carbocycles. The monoisotopic (exact) mass is 319 g/mol. The van der Waals surface area contributed by atoms with Gasteiger partial charge in [0.25, 0.3) is 0 Å². The van der Waals surface area contributed by atoms with Gasteiger partial charge in [-0.2, -0.15) is 0 Å². The largest absolute Gasteiger partial charge is 0.545 e. The summed E-state index contributed by atoms with van der Waals surface area (Å²) >= 11 is 11.9. The average molecular weight is 320 g/mol. The number of hydrogen-bond donors (Lipinski definition) is 0. The minimum atomic E-state index is -1.25. The average Bonchev–Trinajstić information content (AvgIpc) is 2.48. The Morgan fingerprint density at radius 3 is 2.19 bits per heavy atom. The number of rotatable bonds is 4. The molecule has 0 aromatic heterocycles. The standard InChI is InChI=1S/C17H14Cl2O2/c1-2-11-3-5-12(6-4-11)14(10-17(20)21)13-7-8-15(18)16(19)9-13/h3-10H,2H2,1H3,(H,20,21)/p-1/b14-10-. The first-order valence-corrected chi connectivity index (χ1v) is 7.24. The molecule has 4 heteroatoms. The van der Waals surface area contributed by atoms with Crippen molar-refractivity contribution in [1.82, 2.24) is 0 Å². The molecule has 21 heavy (non-hydrogen) atoms. The lowest BCUT2D eigenvalue weighted by molar-refractivity contribution is -0.297. The van der Waals surface area contributed by atoms with Gasteiger partial charge in [-0.1, -0.05) is 60.5 Å². The van der Waals surface area contributed by atoms with Crippen LogP contribution in [-0.2, 0) is 11.2 Å². The van der Waals surface area contributed by atoms with Crippen molar-refractivity contribution < 1.29 is 9.90 Å². The van der Waals surface area contributed by atoms with Crippen LogP contribution in [0.25, 0.3) is 5.57 Å². The molecule has 0 saturated carbocycles. The lowest BCUT2D eigenvalue weighted by Crippen LogP contribution is -2.19. The highest BCUT2D eigenvalue weighted by Gasteiger charge is 2.08. The van der Waals surface area contributed by atoms with Crippen molar-refractivity contribution >= 4 is 34.7 Å². The molecule has 0 fully saturated rings. The summed E-state index contributed by atoms with van der Waals surface area (Å²) in [4.78, 5) is 11.0. The Bertz CT molecular complexity index is 688. The van der Waals surface area contributed by atoms with Gasteiger partial charge < -0.3 is 9.90 Å². The molecule has 0 spiro atoms. The van der Waals surface area contributed by atoms with Crippen LogP contribution in [0.1, 0.15) is 23.6 Å². The maximum Gasteiger partial charge on any atom is 0.0649 e. The molecule has 0 aliphatic rings. The van der Waals surface area contributed by atoms with Crippen LogP contribution in [0.4, 0.5) is 0 Å². The van der Waals surface area contributed by atoms with E-state index < -0.39 is 5.97 Å². The van der Waals surface area contributed by atoms with Gasteiger partial charge in [0, 0.05) is 0 Å². The molecule has 2 aromatic carbocycles. The molecule has 0 bridgehead atoms. The quantitative estimate of drug-likeness (QED) is 0.805. The number of halogens is 2. The molecule has 0 amide bonds. The fourth-order valence-electron chi connectivity index (χ4n) is 2.03. The van der Waals surface area contributed by atoms with Crippen LogP contribution in [0, 0.1) is 0 Å². The molecule has 2 aromatic rings. The van der Waals surface area contributed by atoms with Crippen LogP contribution < -0.4 is 5.11 Å². The van der Waals surface area contributed by atoms with E-state index in [0.717, 1.165) is 18.1 Å². The van der Waals surface area contributed by atoms with Crippen LogP contribution in [-0.4, -0.2) is 5.97 Å². The number of carboxylic acids is 1. The molecule has 0 atom stereocenters. The van der Waals surface area contributed by atoms with Crippen molar-refractivity contribution in [2.24, 2.45) is 0 Å². The second-order valence-electron chi connectivity index (χ2n) is 4.56. The van der Waals surface area contributed by atoms with Crippen LogP contribution in [0.3, 0.4) is 0 Å². The van der Waals surface area contributed by atoms with E-state index >= 15 is 0 Å². The fraction of sp³-hybridized carbons (Fsp3) is 0.118. The zero-order chi connectivity index (χ0) is 15.4. The zero-order valence-electron chi connectivity index (χ0n) is 11.4. The van der Waals surface area contributed by atoms with E-state index in [1.54, 1.807) is 18.2 Å². The predicted octanol–water partition coefficient (Wildman–Crippen LogP) is 3.74. The van der Waals surface area contributed by atoms with Gasteiger partial charge in [-0.15, -0.1) is 0 Å². The van der Waals surface area contributed by atoms with Gasteiger partial charge in [-0.05, 0) is 46.9 Å². The normalized spacial score (nSPS) is 11.5. The van der Waals surface area contributed by atoms with Crippen molar-refractivity contribution in [1.29, 1.82) is 0 Å². The number of carbonyl (C=O) groups excluding carboxylic acids is 1. The lowest BCUT2D eigenvalue weighted by Gasteiger charge is -2.11. The van der Waals surface area contributed by atoms with E-state index in [-0.39, 0.29) is 0 Å². The minimum Gasteiger partial charge on any atom is -0.545 e. The molecule has 0 N–H and O–H groups in total. The first kappa shape index (κ1) is 15.6. The summed E-state index contributed by atoms with van der Waals surface area (Å²) in [7, 11) is 0. The number of carbonyl (C=O) groups is 1. The van der Waals surface area contributed by atoms with Crippen LogP contribution in [0.2, 0.25) is 10.0 Å². The molecule has 0 heterocycles. The first-order chi connectivity index (χ1) is 10.0.